The van der Waals surface area contributed by atoms with Gasteiger partial charge in [-0.1, -0.05) is 181 Å². The fourth-order valence-corrected chi connectivity index (χ4v) is 6.06. The van der Waals surface area contributed by atoms with Gasteiger partial charge in [-0.3, -0.25) is 14.4 Å². The third kappa shape index (κ3) is 46.9. The first-order valence-corrected chi connectivity index (χ1v) is 24.5. The summed E-state index contributed by atoms with van der Waals surface area (Å²) in [6.07, 6.45) is 67.7. The Kier molecular flexibility index (Phi) is 46.1. The first-order valence-electron chi connectivity index (χ1n) is 24.5. The van der Waals surface area contributed by atoms with Gasteiger partial charge in [0.05, 0.1) is 0 Å². The van der Waals surface area contributed by atoms with Crippen molar-refractivity contribution in [2.45, 2.75) is 200 Å². The van der Waals surface area contributed by atoms with Crippen molar-refractivity contribution >= 4 is 17.9 Å². The van der Waals surface area contributed by atoms with E-state index in [0.29, 0.717) is 12.8 Å². The summed E-state index contributed by atoms with van der Waals surface area (Å²) in [4.78, 5) is 37.8. The number of allylic oxidation sites excluding steroid dienone is 20. The van der Waals surface area contributed by atoms with E-state index in [1.165, 1.54) is 38.5 Å². The van der Waals surface area contributed by atoms with Crippen LogP contribution in [-0.2, 0) is 28.6 Å². The second kappa shape index (κ2) is 49.5. The summed E-state index contributed by atoms with van der Waals surface area (Å²) in [5, 5.41) is 0. The van der Waals surface area contributed by atoms with Gasteiger partial charge in [0.1, 0.15) is 13.2 Å². The lowest BCUT2D eigenvalue weighted by Crippen LogP contribution is -2.30. The zero-order valence-electron chi connectivity index (χ0n) is 39.6. The van der Waals surface area contributed by atoms with Gasteiger partial charge in [-0.25, -0.2) is 0 Å². The van der Waals surface area contributed by atoms with E-state index < -0.39 is 6.10 Å². The molecule has 0 saturated heterocycles. The average Bonchev–Trinajstić information content (AvgIpc) is 3.27. The molecule has 1 unspecified atom stereocenters. The lowest BCUT2D eigenvalue weighted by molar-refractivity contribution is -0.166. The van der Waals surface area contributed by atoms with Crippen LogP contribution in [0.5, 0.6) is 0 Å². The zero-order valence-corrected chi connectivity index (χ0v) is 39.6. The SMILES string of the molecule is CC/C=C\C/C=C\C/C=C\C/C=C\C/C=C\C/C=C\CCC(=O)OCC(COC(=O)CCCC/C=C\C/C=C\C/C=C\CC)OC(=O)CCCCC/C=C\CCCCCCCC. The summed E-state index contributed by atoms with van der Waals surface area (Å²) < 4.78 is 16.6. The topological polar surface area (TPSA) is 78.9 Å². The molecule has 6 nitrogen and oxygen atoms in total. The first-order chi connectivity index (χ1) is 30.5. The number of rotatable bonds is 42. The van der Waals surface area contributed by atoms with Crippen molar-refractivity contribution < 1.29 is 28.6 Å². The molecule has 348 valence electrons. The minimum Gasteiger partial charge on any atom is -0.462 e. The van der Waals surface area contributed by atoms with Gasteiger partial charge < -0.3 is 14.2 Å². The van der Waals surface area contributed by atoms with Crippen molar-refractivity contribution in [2.24, 2.45) is 0 Å². The van der Waals surface area contributed by atoms with E-state index in [4.69, 9.17) is 14.2 Å². The van der Waals surface area contributed by atoms with E-state index in [0.717, 1.165) is 103 Å². The summed E-state index contributed by atoms with van der Waals surface area (Å²) in [5.41, 5.74) is 0. The molecule has 0 heterocycles. The van der Waals surface area contributed by atoms with Gasteiger partial charge in [0.2, 0.25) is 0 Å². The van der Waals surface area contributed by atoms with E-state index in [-0.39, 0.29) is 50.4 Å². The number of hydrogen-bond acceptors (Lipinski definition) is 6. The van der Waals surface area contributed by atoms with Crippen LogP contribution in [0.3, 0.4) is 0 Å². The number of carbonyl (C=O) groups excluding carboxylic acids is 3. The van der Waals surface area contributed by atoms with Crippen LogP contribution in [0.4, 0.5) is 0 Å². The molecule has 0 fully saturated rings. The van der Waals surface area contributed by atoms with E-state index in [1.807, 2.05) is 12.2 Å². The second-order valence-electron chi connectivity index (χ2n) is 15.6. The molecule has 0 spiro atoms. The molecule has 0 aliphatic heterocycles. The molecule has 6 heteroatoms. The maximum Gasteiger partial charge on any atom is 0.306 e. The quantitative estimate of drug-likeness (QED) is 0.0263. The molecular weight excluding hydrogens is 769 g/mol. The molecule has 0 aromatic heterocycles. The third-order valence-corrected chi connectivity index (χ3v) is 9.69. The molecule has 0 bridgehead atoms. The van der Waals surface area contributed by atoms with Crippen LogP contribution < -0.4 is 0 Å². The van der Waals surface area contributed by atoms with Crippen molar-refractivity contribution in [1.29, 1.82) is 0 Å². The number of carbonyl (C=O) groups is 3. The van der Waals surface area contributed by atoms with Crippen molar-refractivity contribution in [3.8, 4) is 0 Å². The Morgan fingerprint density at radius 2 is 0.661 bits per heavy atom. The van der Waals surface area contributed by atoms with Crippen LogP contribution in [0.15, 0.2) is 122 Å². The number of hydrogen-bond donors (Lipinski definition) is 0. The molecule has 0 N–H and O–H groups in total. The molecule has 0 radical (unpaired) electrons. The monoisotopic (exact) mass is 857 g/mol. The van der Waals surface area contributed by atoms with Crippen LogP contribution in [0, 0.1) is 0 Å². The Balaban J connectivity index is 4.58. The minimum absolute atomic E-state index is 0.131. The number of unbranched alkanes of at least 4 members (excludes halogenated alkanes) is 11. The predicted molar refractivity (Wildman–Crippen MR) is 265 cm³/mol. The Labute approximate surface area is 380 Å². The maximum absolute atomic E-state index is 12.7. The molecule has 62 heavy (non-hydrogen) atoms. The number of ether oxygens (including phenoxy) is 3. The van der Waals surface area contributed by atoms with Crippen molar-refractivity contribution in [3.63, 3.8) is 0 Å². The van der Waals surface area contributed by atoms with E-state index >= 15 is 0 Å². The molecule has 0 saturated carbocycles. The molecule has 0 rings (SSSR count). The predicted octanol–water partition coefficient (Wildman–Crippen LogP) is 16.1. The molecule has 1 atom stereocenters. The Bertz CT molecular complexity index is 1350. The van der Waals surface area contributed by atoms with Crippen LogP contribution in [0.2, 0.25) is 0 Å². The first kappa shape index (κ1) is 57.8. The van der Waals surface area contributed by atoms with Crippen molar-refractivity contribution in [1.82, 2.24) is 0 Å². The highest BCUT2D eigenvalue weighted by atomic mass is 16.6. The van der Waals surface area contributed by atoms with Gasteiger partial charge >= 0.3 is 17.9 Å². The summed E-state index contributed by atoms with van der Waals surface area (Å²) in [6, 6.07) is 0. The van der Waals surface area contributed by atoms with E-state index in [9.17, 15) is 14.4 Å². The van der Waals surface area contributed by atoms with Gasteiger partial charge in [0, 0.05) is 19.3 Å². The van der Waals surface area contributed by atoms with Crippen molar-refractivity contribution in [3.05, 3.63) is 122 Å². The highest BCUT2D eigenvalue weighted by Crippen LogP contribution is 2.11. The van der Waals surface area contributed by atoms with E-state index in [2.05, 4.69) is 130 Å². The standard InChI is InChI=1S/C56H88O6/c1-4-7-10-13-16-19-22-25-26-27-28-29-30-32-34-37-40-43-46-49-55(58)61-52-53(51-60-54(57)48-45-42-39-36-33-24-21-18-15-12-9-6-3)62-56(59)50-47-44-41-38-35-31-23-20-17-14-11-8-5-2/h7,9-10,12,16,18-19,21,25-26,28-29,31-36,40,43,53H,4-6,8,11,13-15,17,20,22-24,27,30,37-39,41-42,44-52H2,1-3H3/b10-7-,12-9-,19-16-,21-18-,26-25-,29-28-,34-32-,35-31-,36-33-,43-40-. The highest BCUT2D eigenvalue weighted by Gasteiger charge is 2.19. The fourth-order valence-electron chi connectivity index (χ4n) is 6.06. The molecule has 0 aromatic rings. The molecule has 0 amide bonds. The summed E-state index contributed by atoms with van der Waals surface area (Å²) in [5.74, 6) is -1.08. The third-order valence-electron chi connectivity index (χ3n) is 9.69. The minimum atomic E-state index is -0.834. The smallest absolute Gasteiger partial charge is 0.306 e. The normalized spacial score (nSPS) is 13.1. The average molecular weight is 857 g/mol. The number of esters is 3. The molecular formula is C56H88O6. The van der Waals surface area contributed by atoms with Crippen LogP contribution in [0.1, 0.15) is 194 Å². The summed E-state index contributed by atoms with van der Waals surface area (Å²) >= 11 is 0. The van der Waals surface area contributed by atoms with Gasteiger partial charge in [-0.05, 0) is 116 Å². The van der Waals surface area contributed by atoms with E-state index in [1.54, 1.807) is 0 Å². The lowest BCUT2D eigenvalue weighted by Gasteiger charge is -2.18. The Morgan fingerprint density at radius 1 is 0.339 bits per heavy atom. The zero-order chi connectivity index (χ0) is 45.1. The highest BCUT2D eigenvalue weighted by molar-refractivity contribution is 5.71. The molecule has 0 aliphatic rings. The molecule has 0 aromatic carbocycles. The summed E-state index contributed by atoms with van der Waals surface area (Å²) in [7, 11) is 0. The lowest BCUT2D eigenvalue weighted by atomic mass is 10.1. The molecule has 0 aliphatic carbocycles. The van der Waals surface area contributed by atoms with Crippen LogP contribution in [-0.4, -0.2) is 37.2 Å². The summed E-state index contributed by atoms with van der Waals surface area (Å²) in [6.45, 7) is 6.26. The fraction of sp³-hybridized carbons (Fsp3) is 0.589. The van der Waals surface area contributed by atoms with Crippen LogP contribution in [0.25, 0.3) is 0 Å². The van der Waals surface area contributed by atoms with Gasteiger partial charge in [-0.2, -0.15) is 0 Å². The Morgan fingerprint density at radius 3 is 1.13 bits per heavy atom. The van der Waals surface area contributed by atoms with Gasteiger partial charge in [0.15, 0.2) is 6.10 Å². The van der Waals surface area contributed by atoms with Gasteiger partial charge in [0.25, 0.3) is 0 Å². The second-order valence-corrected chi connectivity index (χ2v) is 15.6. The van der Waals surface area contributed by atoms with Crippen molar-refractivity contribution in [2.75, 3.05) is 13.2 Å². The van der Waals surface area contributed by atoms with Crippen LogP contribution >= 0.6 is 0 Å². The van der Waals surface area contributed by atoms with Gasteiger partial charge in [-0.15, -0.1) is 0 Å². The maximum atomic E-state index is 12.7. The Hall–Kier alpha value is -4.19. The largest absolute Gasteiger partial charge is 0.462 e.